The summed E-state index contributed by atoms with van der Waals surface area (Å²) in [5.74, 6) is -0.603. The lowest BCUT2D eigenvalue weighted by molar-refractivity contribution is -0.117. The highest BCUT2D eigenvalue weighted by molar-refractivity contribution is 7.90. The summed E-state index contributed by atoms with van der Waals surface area (Å²) in [4.78, 5) is 12.3. The zero-order chi connectivity index (χ0) is 18.4. The summed E-state index contributed by atoms with van der Waals surface area (Å²) in [5.41, 5.74) is 1.56. The lowest BCUT2D eigenvalue weighted by Crippen LogP contribution is -2.26. The normalized spacial score (nSPS) is 12.9. The molecule has 1 N–H and O–H groups in total. The molecule has 0 spiro atoms. The van der Waals surface area contributed by atoms with E-state index in [1.165, 1.54) is 30.3 Å². The van der Waals surface area contributed by atoms with Crippen molar-refractivity contribution in [3.63, 3.8) is 0 Å². The quantitative estimate of drug-likeness (QED) is 0.801. The second-order valence-corrected chi connectivity index (χ2v) is 7.71. The first kappa shape index (κ1) is 18.9. The Bertz CT molecular complexity index is 857. The molecule has 0 aliphatic rings. The van der Waals surface area contributed by atoms with E-state index in [1.54, 1.807) is 30.3 Å². The summed E-state index contributed by atoms with van der Waals surface area (Å²) in [6.07, 6.45) is 4.81. The number of hydrogen-bond acceptors (Lipinski definition) is 3. The highest BCUT2D eigenvalue weighted by atomic mass is 32.2. The third kappa shape index (κ3) is 5.53. The monoisotopic (exact) mass is 361 g/mol. The summed E-state index contributed by atoms with van der Waals surface area (Å²) in [6.45, 7) is 1.93. The SMILES string of the molecule is CC[C@@H](NC(=O)/C=C/c1ccc(F)cc1)c1ccc(S(C)(=O)=O)cc1. The minimum atomic E-state index is -3.24. The first-order valence-electron chi connectivity index (χ1n) is 7.83. The number of hydrogen-bond donors (Lipinski definition) is 1. The third-order valence-corrected chi connectivity index (χ3v) is 4.86. The Morgan fingerprint density at radius 1 is 1.12 bits per heavy atom. The van der Waals surface area contributed by atoms with Crippen LogP contribution in [0.5, 0.6) is 0 Å². The number of carbonyl (C=O) groups is 1. The van der Waals surface area contributed by atoms with Gasteiger partial charge in [-0.15, -0.1) is 0 Å². The van der Waals surface area contributed by atoms with Gasteiger partial charge in [-0.25, -0.2) is 12.8 Å². The van der Waals surface area contributed by atoms with Gasteiger partial charge in [0.25, 0.3) is 0 Å². The van der Waals surface area contributed by atoms with Crippen molar-refractivity contribution in [2.24, 2.45) is 0 Å². The minimum absolute atomic E-state index is 0.223. The molecule has 0 saturated carbocycles. The van der Waals surface area contributed by atoms with E-state index in [0.29, 0.717) is 6.42 Å². The van der Waals surface area contributed by atoms with Gasteiger partial charge in [-0.1, -0.05) is 31.2 Å². The molecule has 0 radical (unpaired) electrons. The Hall–Kier alpha value is -2.47. The van der Waals surface area contributed by atoms with Gasteiger partial charge in [0.05, 0.1) is 10.9 Å². The van der Waals surface area contributed by atoms with E-state index in [-0.39, 0.29) is 22.7 Å². The maximum Gasteiger partial charge on any atom is 0.244 e. The molecule has 0 fully saturated rings. The molecule has 1 amide bonds. The van der Waals surface area contributed by atoms with E-state index in [0.717, 1.165) is 17.4 Å². The van der Waals surface area contributed by atoms with Crippen LogP contribution in [0.1, 0.15) is 30.5 Å². The Morgan fingerprint density at radius 2 is 1.72 bits per heavy atom. The Labute approximate surface area is 147 Å². The average molecular weight is 361 g/mol. The van der Waals surface area contributed by atoms with E-state index < -0.39 is 9.84 Å². The van der Waals surface area contributed by atoms with Gasteiger partial charge in [-0.05, 0) is 47.9 Å². The van der Waals surface area contributed by atoms with Crippen LogP contribution >= 0.6 is 0 Å². The van der Waals surface area contributed by atoms with Gasteiger partial charge in [0.15, 0.2) is 9.84 Å². The average Bonchev–Trinajstić information content (AvgIpc) is 2.58. The standard InChI is InChI=1S/C19H20FNO3S/c1-3-18(15-7-11-17(12-8-15)25(2,23)24)21-19(22)13-6-14-4-9-16(20)10-5-14/h4-13,18H,3H2,1-2H3,(H,21,22)/b13-6+/t18-/m1/s1. The molecule has 0 bridgehead atoms. The van der Waals surface area contributed by atoms with Gasteiger partial charge in [-0.3, -0.25) is 4.79 Å². The second kappa shape index (κ2) is 8.07. The fraction of sp³-hybridized carbons (Fsp3) is 0.211. The molecule has 4 nitrogen and oxygen atoms in total. The maximum atomic E-state index is 12.9. The molecule has 132 valence electrons. The molecule has 0 aliphatic heterocycles. The smallest absolute Gasteiger partial charge is 0.244 e. The van der Waals surface area contributed by atoms with Crippen molar-refractivity contribution in [2.75, 3.05) is 6.26 Å². The molecule has 1 atom stereocenters. The van der Waals surface area contributed by atoms with Crippen LogP contribution in [0.4, 0.5) is 4.39 Å². The first-order chi connectivity index (χ1) is 11.8. The van der Waals surface area contributed by atoms with Crippen molar-refractivity contribution < 1.29 is 17.6 Å². The van der Waals surface area contributed by atoms with Crippen LogP contribution in [0.25, 0.3) is 6.08 Å². The van der Waals surface area contributed by atoms with Gasteiger partial charge < -0.3 is 5.32 Å². The fourth-order valence-corrected chi connectivity index (χ4v) is 2.96. The van der Waals surface area contributed by atoms with Crippen molar-refractivity contribution >= 4 is 21.8 Å². The lowest BCUT2D eigenvalue weighted by Gasteiger charge is -2.16. The number of carbonyl (C=O) groups excluding carboxylic acids is 1. The highest BCUT2D eigenvalue weighted by Gasteiger charge is 2.13. The Kier molecular flexibility index (Phi) is 6.09. The Balaban J connectivity index is 2.05. The first-order valence-corrected chi connectivity index (χ1v) is 9.73. The predicted molar refractivity (Wildman–Crippen MR) is 96.2 cm³/mol. The summed E-state index contributed by atoms with van der Waals surface area (Å²) in [7, 11) is -3.24. The number of benzene rings is 2. The molecule has 0 aliphatic carbocycles. The fourth-order valence-electron chi connectivity index (χ4n) is 2.33. The number of amides is 1. The topological polar surface area (TPSA) is 63.2 Å². The van der Waals surface area contributed by atoms with Crippen LogP contribution in [-0.4, -0.2) is 20.6 Å². The zero-order valence-corrected chi connectivity index (χ0v) is 14.9. The number of nitrogens with one attached hydrogen (secondary N) is 1. The summed E-state index contributed by atoms with van der Waals surface area (Å²) in [6, 6.07) is 12.1. The van der Waals surface area contributed by atoms with Crippen LogP contribution < -0.4 is 5.32 Å². The largest absolute Gasteiger partial charge is 0.346 e. The van der Waals surface area contributed by atoms with E-state index in [4.69, 9.17) is 0 Å². The Morgan fingerprint density at radius 3 is 2.24 bits per heavy atom. The van der Waals surface area contributed by atoms with Crippen LogP contribution in [0, 0.1) is 5.82 Å². The molecule has 0 aromatic heterocycles. The van der Waals surface area contributed by atoms with E-state index in [1.807, 2.05) is 6.92 Å². The number of rotatable bonds is 6. The second-order valence-electron chi connectivity index (χ2n) is 5.70. The van der Waals surface area contributed by atoms with Crippen LogP contribution in [0.15, 0.2) is 59.5 Å². The van der Waals surface area contributed by atoms with Gasteiger partial charge in [0, 0.05) is 12.3 Å². The molecule has 2 aromatic rings. The molecular weight excluding hydrogens is 341 g/mol. The molecule has 2 aromatic carbocycles. The van der Waals surface area contributed by atoms with Gasteiger partial charge in [0.2, 0.25) is 5.91 Å². The molecule has 0 heterocycles. The highest BCUT2D eigenvalue weighted by Crippen LogP contribution is 2.19. The van der Waals surface area contributed by atoms with E-state index in [9.17, 15) is 17.6 Å². The lowest BCUT2D eigenvalue weighted by atomic mass is 10.0. The maximum absolute atomic E-state index is 12.9. The van der Waals surface area contributed by atoms with Gasteiger partial charge in [-0.2, -0.15) is 0 Å². The predicted octanol–water partition coefficient (Wildman–Crippen LogP) is 3.51. The summed E-state index contributed by atoms with van der Waals surface area (Å²) in [5, 5.41) is 2.87. The van der Waals surface area contributed by atoms with Crippen LogP contribution in [0.2, 0.25) is 0 Å². The number of sulfone groups is 1. The third-order valence-electron chi connectivity index (χ3n) is 3.73. The van der Waals surface area contributed by atoms with E-state index >= 15 is 0 Å². The van der Waals surface area contributed by atoms with Crippen molar-refractivity contribution in [3.8, 4) is 0 Å². The van der Waals surface area contributed by atoms with Crippen molar-refractivity contribution in [2.45, 2.75) is 24.3 Å². The molecule has 25 heavy (non-hydrogen) atoms. The van der Waals surface area contributed by atoms with Crippen LogP contribution in [-0.2, 0) is 14.6 Å². The minimum Gasteiger partial charge on any atom is -0.346 e. The molecule has 0 unspecified atom stereocenters. The van der Waals surface area contributed by atoms with Gasteiger partial charge in [0.1, 0.15) is 5.82 Å². The summed E-state index contributed by atoms with van der Waals surface area (Å²) >= 11 is 0. The van der Waals surface area contributed by atoms with Crippen molar-refractivity contribution in [1.82, 2.24) is 5.32 Å². The van der Waals surface area contributed by atoms with Crippen molar-refractivity contribution in [3.05, 3.63) is 71.6 Å². The van der Waals surface area contributed by atoms with Gasteiger partial charge >= 0.3 is 0 Å². The molecule has 2 rings (SSSR count). The van der Waals surface area contributed by atoms with E-state index in [2.05, 4.69) is 5.32 Å². The summed E-state index contributed by atoms with van der Waals surface area (Å²) < 4.78 is 35.9. The molecule has 6 heteroatoms. The van der Waals surface area contributed by atoms with Crippen molar-refractivity contribution in [1.29, 1.82) is 0 Å². The number of halogens is 1. The molecular formula is C19H20FNO3S. The van der Waals surface area contributed by atoms with Crippen LogP contribution in [0.3, 0.4) is 0 Å². The molecule has 0 saturated heterocycles. The zero-order valence-electron chi connectivity index (χ0n) is 14.1.